The van der Waals surface area contributed by atoms with Crippen molar-refractivity contribution >= 4 is 21.7 Å². The van der Waals surface area contributed by atoms with Gasteiger partial charge in [0.15, 0.2) is 0 Å². The number of benzene rings is 1. The first-order valence-electron chi connectivity index (χ1n) is 5.02. The Morgan fingerprint density at radius 1 is 1.30 bits per heavy atom. The van der Waals surface area contributed by atoms with Gasteiger partial charge in [-0.25, -0.2) is 13.2 Å². The molecule has 0 spiro atoms. The van der Waals surface area contributed by atoms with Crippen LogP contribution in [0.4, 0.5) is 18.9 Å². The van der Waals surface area contributed by atoms with Crippen LogP contribution < -0.4 is 10.5 Å². The molecule has 0 saturated heterocycles. The molecule has 6 nitrogen and oxygen atoms in total. The van der Waals surface area contributed by atoms with Crippen LogP contribution in [0.15, 0.2) is 24.3 Å². The van der Waals surface area contributed by atoms with E-state index in [1.165, 1.54) is 0 Å². The van der Waals surface area contributed by atoms with E-state index in [0.717, 1.165) is 11.8 Å². The molecule has 0 unspecified atom stereocenters. The van der Waals surface area contributed by atoms with E-state index in [2.05, 4.69) is 4.72 Å². The number of rotatable bonds is 3. The smallest absolute Gasteiger partial charge is 0.475 e. The summed E-state index contributed by atoms with van der Waals surface area (Å²) in [6.07, 6.45) is -3.97. The Balaban J connectivity index is 0.000000441. The zero-order valence-corrected chi connectivity index (χ0v) is 11.1. The third-order valence-corrected chi connectivity index (χ3v) is 2.34. The van der Waals surface area contributed by atoms with E-state index in [1.54, 1.807) is 24.3 Å². The van der Waals surface area contributed by atoms with Gasteiger partial charge in [-0.1, -0.05) is 12.1 Å². The maximum atomic E-state index is 10.8. The van der Waals surface area contributed by atoms with E-state index >= 15 is 0 Å². The molecule has 0 aliphatic heterocycles. The quantitative estimate of drug-likeness (QED) is 0.775. The number of hydrogen-bond acceptors (Lipinski definition) is 4. The topological polar surface area (TPSA) is 109 Å². The number of carboxylic acid groups (broad SMARTS) is 1. The first-order valence-corrected chi connectivity index (χ1v) is 6.91. The van der Waals surface area contributed by atoms with Crippen LogP contribution in [0.3, 0.4) is 0 Å². The standard InChI is InChI=1S/C8H12N2O2S.C2HF3O2/c1-13(11,12)10-8-4-2-7(6-9)3-5-8;3-2(4,5)1(6)7/h2-5,10H,6,9H2,1H3;(H,6,7). The summed E-state index contributed by atoms with van der Waals surface area (Å²) in [5, 5.41) is 7.12. The van der Waals surface area contributed by atoms with E-state index in [0.29, 0.717) is 12.2 Å². The van der Waals surface area contributed by atoms with E-state index in [4.69, 9.17) is 15.6 Å². The molecule has 1 rings (SSSR count). The van der Waals surface area contributed by atoms with E-state index in [-0.39, 0.29) is 0 Å². The number of anilines is 1. The lowest BCUT2D eigenvalue weighted by molar-refractivity contribution is -0.192. The number of carbonyl (C=O) groups is 1. The summed E-state index contributed by atoms with van der Waals surface area (Å²) in [4.78, 5) is 8.90. The molecule has 0 amide bonds. The SMILES string of the molecule is CS(=O)(=O)Nc1ccc(CN)cc1.O=C(O)C(F)(F)F. The fourth-order valence-electron chi connectivity index (χ4n) is 0.923. The van der Waals surface area contributed by atoms with Crippen molar-refractivity contribution < 1.29 is 31.5 Å². The highest BCUT2D eigenvalue weighted by Gasteiger charge is 2.38. The molecule has 0 fully saturated rings. The highest BCUT2D eigenvalue weighted by molar-refractivity contribution is 7.92. The molecule has 0 radical (unpaired) electrons. The van der Waals surface area contributed by atoms with Gasteiger partial charge in [-0.3, -0.25) is 4.72 Å². The Kier molecular flexibility index (Phi) is 6.46. The molecule has 10 heteroatoms. The molecule has 0 aromatic heterocycles. The van der Waals surface area contributed by atoms with Gasteiger partial charge < -0.3 is 10.8 Å². The van der Waals surface area contributed by atoms with Gasteiger partial charge in [0, 0.05) is 12.2 Å². The summed E-state index contributed by atoms with van der Waals surface area (Å²) in [5.74, 6) is -2.76. The summed E-state index contributed by atoms with van der Waals surface area (Å²) in [7, 11) is -3.18. The number of halogens is 3. The fourth-order valence-corrected chi connectivity index (χ4v) is 1.49. The van der Waals surface area contributed by atoms with Crippen LogP contribution in [-0.4, -0.2) is 31.9 Å². The van der Waals surface area contributed by atoms with E-state index in [9.17, 15) is 21.6 Å². The van der Waals surface area contributed by atoms with Gasteiger partial charge >= 0.3 is 12.1 Å². The zero-order chi connectivity index (χ0) is 16.0. The molecule has 0 bridgehead atoms. The monoisotopic (exact) mass is 314 g/mol. The van der Waals surface area contributed by atoms with Crippen molar-refractivity contribution in [1.82, 2.24) is 0 Å². The number of hydrogen-bond donors (Lipinski definition) is 3. The van der Waals surface area contributed by atoms with Crippen molar-refractivity contribution in [3.8, 4) is 0 Å². The van der Waals surface area contributed by atoms with Gasteiger partial charge in [-0.05, 0) is 17.7 Å². The molecule has 0 aliphatic rings. The third kappa shape index (κ3) is 8.32. The number of nitrogens with two attached hydrogens (primary N) is 1. The zero-order valence-electron chi connectivity index (χ0n) is 10.3. The molecule has 0 saturated carbocycles. The van der Waals surface area contributed by atoms with Crippen LogP contribution >= 0.6 is 0 Å². The average molecular weight is 314 g/mol. The van der Waals surface area contributed by atoms with Crippen molar-refractivity contribution in [2.45, 2.75) is 12.7 Å². The minimum Gasteiger partial charge on any atom is -0.475 e. The maximum Gasteiger partial charge on any atom is 0.490 e. The number of alkyl halides is 3. The van der Waals surface area contributed by atoms with Crippen LogP contribution in [-0.2, 0) is 21.4 Å². The number of aliphatic carboxylic acids is 1. The fraction of sp³-hybridized carbons (Fsp3) is 0.300. The third-order valence-electron chi connectivity index (χ3n) is 1.74. The van der Waals surface area contributed by atoms with Crippen molar-refractivity contribution in [2.75, 3.05) is 11.0 Å². The van der Waals surface area contributed by atoms with Gasteiger partial charge in [-0.2, -0.15) is 13.2 Å². The molecule has 4 N–H and O–H groups in total. The van der Waals surface area contributed by atoms with Gasteiger partial charge in [-0.15, -0.1) is 0 Å². The van der Waals surface area contributed by atoms with Crippen molar-refractivity contribution in [3.05, 3.63) is 29.8 Å². The van der Waals surface area contributed by atoms with Gasteiger partial charge in [0.1, 0.15) is 0 Å². The maximum absolute atomic E-state index is 10.8. The molecule has 1 aromatic rings. The summed E-state index contributed by atoms with van der Waals surface area (Å²) in [5.41, 5.74) is 6.92. The number of sulfonamides is 1. The molecule has 114 valence electrons. The van der Waals surface area contributed by atoms with Crippen LogP contribution in [0.25, 0.3) is 0 Å². The van der Waals surface area contributed by atoms with E-state index < -0.39 is 22.2 Å². The van der Waals surface area contributed by atoms with Gasteiger partial charge in [0.05, 0.1) is 6.26 Å². The van der Waals surface area contributed by atoms with Crippen LogP contribution in [0.1, 0.15) is 5.56 Å². The summed E-state index contributed by atoms with van der Waals surface area (Å²) < 4.78 is 55.7. The van der Waals surface area contributed by atoms with Crippen LogP contribution in [0.2, 0.25) is 0 Å². The lowest BCUT2D eigenvalue weighted by Gasteiger charge is -2.03. The minimum atomic E-state index is -5.08. The molecular weight excluding hydrogens is 301 g/mol. The van der Waals surface area contributed by atoms with Gasteiger partial charge in [0.2, 0.25) is 10.0 Å². The average Bonchev–Trinajstić information content (AvgIpc) is 2.27. The summed E-state index contributed by atoms with van der Waals surface area (Å²) in [6, 6.07) is 6.94. The first-order chi connectivity index (χ1) is 8.95. The molecule has 20 heavy (non-hydrogen) atoms. The lowest BCUT2D eigenvalue weighted by Crippen LogP contribution is -2.21. The second-order valence-corrected chi connectivity index (χ2v) is 5.33. The first kappa shape index (κ1) is 18.2. The molecule has 0 aliphatic carbocycles. The molecule has 0 heterocycles. The highest BCUT2D eigenvalue weighted by Crippen LogP contribution is 2.13. The van der Waals surface area contributed by atoms with Crippen LogP contribution in [0, 0.1) is 0 Å². The normalized spacial score (nSPS) is 11.2. The van der Waals surface area contributed by atoms with Crippen molar-refractivity contribution in [1.29, 1.82) is 0 Å². The molecule has 1 aromatic carbocycles. The second-order valence-electron chi connectivity index (χ2n) is 3.58. The Morgan fingerprint density at radius 3 is 1.95 bits per heavy atom. The molecular formula is C10H13F3N2O4S. The Bertz CT molecular complexity index is 541. The second kappa shape index (κ2) is 7.10. The largest absolute Gasteiger partial charge is 0.490 e. The predicted molar refractivity (Wildman–Crippen MR) is 66.5 cm³/mol. The Labute approximate surface area is 113 Å². The summed E-state index contributed by atoms with van der Waals surface area (Å²) >= 11 is 0. The van der Waals surface area contributed by atoms with E-state index in [1.807, 2.05) is 0 Å². The van der Waals surface area contributed by atoms with Crippen LogP contribution in [0.5, 0.6) is 0 Å². The van der Waals surface area contributed by atoms with Gasteiger partial charge in [0.25, 0.3) is 0 Å². The lowest BCUT2D eigenvalue weighted by atomic mass is 10.2. The van der Waals surface area contributed by atoms with Crippen molar-refractivity contribution in [3.63, 3.8) is 0 Å². The van der Waals surface area contributed by atoms with Crippen molar-refractivity contribution in [2.24, 2.45) is 5.73 Å². The number of nitrogens with one attached hydrogen (secondary N) is 1. The Morgan fingerprint density at radius 2 is 1.70 bits per heavy atom. The molecule has 0 atom stereocenters. The highest BCUT2D eigenvalue weighted by atomic mass is 32.2. The number of carboxylic acids is 1. The predicted octanol–water partition coefficient (Wildman–Crippen LogP) is 1.15. The Hall–Kier alpha value is -1.81. The summed E-state index contributed by atoms with van der Waals surface area (Å²) in [6.45, 7) is 0.457. The minimum absolute atomic E-state index is 0.457.